The normalized spacial score (nSPS) is 11.1. The minimum absolute atomic E-state index is 0.222. The Kier molecular flexibility index (Phi) is 7.12. The number of carbonyl (C=O) groups is 1. The van der Waals surface area contributed by atoms with Crippen molar-refractivity contribution in [2.75, 3.05) is 33.7 Å². The van der Waals surface area contributed by atoms with Crippen molar-refractivity contribution in [2.24, 2.45) is 0 Å². The molecule has 2 aromatic carbocycles. The SMILES string of the molecule is CCOc1cc(C(=O)/C(Br)=C\c2cc(OC)cc(OC)c2OC)ccc1N. The Balaban J connectivity index is 2.45. The molecule has 0 aliphatic carbocycles. The highest BCUT2D eigenvalue weighted by molar-refractivity contribution is 9.12. The number of nitrogens with two attached hydrogens (primary N) is 1. The van der Waals surface area contributed by atoms with E-state index in [9.17, 15) is 4.79 Å². The first-order chi connectivity index (χ1) is 12.9. The number of nitrogen functional groups attached to an aromatic ring is 1. The van der Waals surface area contributed by atoms with Gasteiger partial charge < -0.3 is 24.7 Å². The first-order valence-electron chi connectivity index (χ1n) is 8.19. The first kappa shape index (κ1) is 20.6. The van der Waals surface area contributed by atoms with Crippen molar-refractivity contribution in [1.82, 2.24) is 0 Å². The lowest BCUT2D eigenvalue weighted by Crippen LogP contribution is -2.03. The van der Waals surface area contributed by atoms with Gasteiger partial charge >= 0.3 is 0 Å². The number of hydrogen-bond acceptors (Lipinski definition) is 6. The van der Waals surface area contributed by atoms with Crippen LogP contribution in [0.4, 0.5) is 5.69 Å². The van der Waals surface area contributed by atoms with E-state index in [0.717, 1.165) is 0 Å². The number of rotatable bonds is 8. The van der Waals surface area contributed by atoms with E-state index in [-0.39, 0.29) is 5.78 Å². The molecule has 6 nitrogen and oxygen atoms in total. The van der Waals surface area contributed by atoms with Gasteiger partial charge in [0.2, 0.25) is 0 Å². The standard InChI is InChI=1S/C20H22BrNO5/c1-5-27-17-10-12(6-7-16(17)22)19(23)15(21)9-13-8-14(24-2)11-18(25-3)20(13)26-4/h6-11H,5,22H2,1-4H3/b15-9+. The quantitative estimate of drug-likeness (QED) is 0.377. The molecule has 0 aliphatic rings. The number of allylic oxidation sites excluding steroid dienone is 1. The molecule has 2 aromatic rings. The van der Waals surface area contributed by atoms with E-state index in [1.54, 1.807) is 43.5 Å². The maximum absolute atomic E-state index is 12.8. The molecule has 0 saturated heterocycles. The molecule has 2 N–H and O–H groups in total. The van der Waals surface area contributed by atoms with Gasteiger partial charge in [0, 0.05) is 17.2 Å². The van der Waals surface area contributed by atoms with Crippen LogP contribution in [-0.2, 0) is 0 Å². The summed E-state index contributed by atoms with van der Waals surface area (Å²) in [5, 5.41) is 0. The van der Waals surface area contributed by atoms with E-state index in [1.807, 2.05) is 6.92 Å². The number of anilines is 1. The van der Waals surface area contributed by atoms with Crippen molar-refractivity contribution in [3.05, 3.63) is 45.9 Å². The molecular weight excluding hydrogens is 414 g/mol. The lowest BCUT2D eigenvalue weighted by atomic mass is 10.1. The molecule has 0 bridgehead atoms. The zero-order valence-electron chi connectivity index (χ0n) is 15.7. The number of benzene rings is 2. The van der Waals surface area contributed by atoms with Crippen LogP contribution in [0.2, 0.25) is 0 Å². The molecule has 2 rings (SSSR count). The maximum atomic E-state index is 12.8. The molecule has 0 aliphatic heterocycles. The second-order valence-electron chi connectivity index (χ2n) is 5.46. The van der Waals surface area contributed by atoms with E-state index in [2.05, 4.69) is 15.9 Å². The Bertz CT molecular complexity index is 864. The third kappa shape index (κ3) is 4.74. The van der Waals surface area contributed by atoms with Crippen LogP contribution < -0.4 is 24.7 Å². The Morgan fingerprint density at radius 2 is 1.81 bits per heavy atom. The van der Waals surface area contributed by atoms with Crippen molar-refractivity contribution in [1.29, 1.82) is 0 Å². The molecule has 0 unspecified atom stereocenters. The van der Waals surface area contributed by atoms with E-state index in [0.29, 0.717) is 50.9 Å². The molecule has 144 valence electrons. The third-order valence-corrected chi connectivity index (χ3v) is 4.38. The third-order valence-electron chi connectivity index (χ3n) is 3.79. The summed E-state index contributed by atoms with van der Waals surface area (Å²) in [5.74, 6) is 1.83. The van der Waals surface area contributed by atoms with E-state index >= 15 is 0 Å². The molecule has 0 amide bonds. The van der Waals surface area contributed by atoms with Gasteiger partial charge in [-0.2, -0.15) is 0 Å². The van der Waals surface area contributed by atoms with Crippen LogP contribution in [0.1, 0.15) is 22.8 Å². The largest absolute Gasteiger partial charge is 0.497 e. The van der Waals surface area contributed by atoms with Crippen LogP contribution in [0.25, 0.3) is 6.08 Å². The van der Waals surface area contributed by atoms with Gasteiger partial charge in [-0.15, -0.1) is 0 Å². The summed E-state index contributed by atoms with van der Waals surface area (Å²) in [7, 11) is 4.62. The molecule has 0 saturated carbocycles. The van der Waals surface area contributed by atoms with Gasteiger partial charge in [0.15, 0.2) is 17.3 Å². The van der Waals surface area contributed by atoms with Crippen LogP contribution in [0.3, 0.4) is 0 Å². The van der Waals surface area contributed by atoms with Crippen LogP contribution in [0.5, 0.6) is 23.0 Å². The maximum Gasteiger partial charge on any atom is 0.200 e. The smallest absolute Gasteiger partial charge is 0.200 e. The highest BCUT2D eigenvalue weighted by Gasteiger charge is 2.16. The summed E-state index contributed by atoms with van der Waals surface area (Å²) >= 11 is 3.36. The molecule has 0 radical (unpaired) electrons. The molecule has 0 atom stereocenters. The lowest BCUT2D eigenvalue weighted by molar-refractivity contribution is 0.104. The van der Waals surface area contributed by atoms with E-state index in [1.165, 1.54) is 14.2 Å². The first-order valence-corrected chi connectivity index (χ1v) is 8.98. The second kappa shape index (κ2) is 9.32. The fourth-order valence-corrected chi connectivity index (χ4v) is 2.96. The predicted octanol–water partition coefficient (Wildman–Crippen LogP) is 4.31. The van der Waals surface area contributed by atoms with Crippen molar-refractivity contribution >= 4 is 33.5 Å². The van der Waals surface area contributed by atoms with Crippen molar-refractivity contribution < 1.29 is 23.7 Å². The summed E-state index contributed by atoms with van der Waals surface area (Å²) in [4.78, 5) is 12.8. The van der Waals surface area contributed by atoms with Gasteiger partial charge in [0.25, 0.3) is 0 Å². The van der Waals surface area contributed by atoms with Gasteiger partial charge in [-0.3, -0.25) is 4.79 Å². The average molecular weight is 436 g/mol. The van der Waals surface area contributed by atoms with Gasteiger partial charge in [0.05, 0.1) is 38.1 Å². The molecule has 0 heterocycles. The molecule has 7 heteroatoms. The zero-order chi connectivity index (χ0) is 20.0. The Hall–Kier alpha value is -2.67. The molecule has 0 spiro atoms. The molecule has 0 fully saturated rings. The van der Waals surface area contributed by atoms with Crippen molar-refractivity contribution in [3.8, 4) is 23.0 Å². The number of ether oxygens (including phenoxy) is 4. The summed E-state index contributed by atoms with van der Waals surface area (Å²) in [6.07, 6.45) is 1.66. The fraction of sp³-hybridized carbons (Fsp3) is 0.250. The average Bonchev–Trinajstić information content (AvgIpc) is 2.68. The number of Topliss-reactive ketones (excluding diaryl/α,β-unsaturated/α-hetero) is 1. The zero-order valence-corrected chi connectivity index (χ0v) is 17.3. The Labute approximate surface area is 167 Å². The van der Waals surface area contributed by atoms with Crippen molar-refractivity contribution in [3.63, 3.8) is 0 Å². The minimum Gasteiger partial charge on any atom is -0.497 e. The highest BCUT2D eigenvalue weighted by atomic mass is 79.9. The van der Waals surface area contributed by atoms with Crippen LogP contribution in [-0.4, -0.2) is 33.7 Å². The van der Waals surface area contributed by atoms with Gasteiger partial charge in [-0.25, -0.2) is 0 Å². The number of ketones is 1. The number of carbonyl (C=O) groups excluding carboxylic acids is 1. The summed E-state index contributed by atoms with van der Waals surface area (Å²) in [5.41, 5.74) is 7.43. The predicted molar refractivity (Wildman–Crippen MR) is 109 cm³/mol. The number of hydrogen-bond donors (Lipinski definition) is 1. The molecule has 0 aromatic heterocycles. The number of methoxy groups -OCH3 is 3. The van der Waals surface area contributed by atoms with Crippen LogP contribution in [0, 0.1) is 0 Å². The van der Waals surface area contributed by atoms with Crippen molar-refractivity contribution in [2.45, 2.75) is 6.92 Å². The topological polar surface area (TPSA) is 80.0 Å². The number of halogens is 1. The van der Waals surface area contributed by atoms with E-state index < -0.39 is 0 Å². The van der Waals surface area contributed by atoms with Crippen LogP contribution in [0.15, 0.2) is 34.8 Å². The highest BCUT2D eigenvalue weighted by Crippen LogP contribution is 2.37. The summed E-state index contributed by atoms with van der Waals surface area (Å²) in [6, 6.07) is 8.39. The van der Waals surface area contributed by atoms with Gasteiger partial charge in [0.1, 0.15) is 11.5 Å². The second-order valence-corrected chi connectivity index (χ2v) is 6.31. The minimum atomic E-state index is -0.222. The monoisotopic (exact) mass is 435 g/mol. The Morgan fingerprint density at radius 3 is 2.41 bits per heavy atom. The van der Waals surface area contributed by atoms with E-state index in [4.69, 9.17) is 24.7 Å². The van der Waals surface area contributed by atoms with Crippen LogP contribution >= 0.6 is 15.9 Å². The van der Waals surface area contributed by atoms with Gasteiger partial charge in [-0.05, 0) is 53.2 Å². The lowest BCUT2D eigenvalue weighted by Gasteiger charge is -2.13. The summed E-state index contributed by atoms with van der Waals surface area (Å²) < 4.78 is 21.8. The van der Waals surface area contributed by atoms with Gasteiger partial charge in [-0.1, -0.05) is 0 Å². The molecular formula is C20H22BrNO5. The summed E-state index contributed by atoms with van der Waals surface area (Å²) in [6.45, 7) is 2.31. The Morgan fingerprint density at radius 1 is 1.07 bits per heavy atom. The molecule has 27 heavy (non-hydrogen) atoms. The fourth-order valence-electron chi connectivity index (χ4n) is 2.49.